The van der Waals surface area contributed by atoms with Crippen molar-refractivity contribution in [1.82, 2.24) is 9.73 Å². The number of nitrogens with one attached hydrogen (secondary N) is 1. The summed E-state index contributed by atoms with van der Waals surface area (Å²) in [7, 11) is -1.18. The minimum absolute atomic E-state index is 0.206. The van der Waals surface area contributed by atoms with Gasteiger partial charge in [0, 0.05) is 7.05 Å². The molecule has 0 heterocycles. The van der Waals surface area contributed by atoms with Crippen molar-refractivity contribution in [3.05, 3.63) is 64.2 Å². The second-order valence-electron chi connectivity index (χ2n) is 6.90. The smallest absolute Gasteiger partial charge is 0.337 e. The number of hydrazone groups is 1. The van der Waals surface area contributed by atoms with Crippen LogP contribution in [0.5, 0.6) is 0 Å². The zero-order chi connectivity index (χ0) is 22.5. The maximum atomic E-state index is 12.9. The molecule has 0 aromatic heterocycles. The molecule has 0 bridgehead atoms. The Labute approximate surface area is 176 Å². The van der Waals surface area contributed by atoms with Gasteiger partial charge in [0.15, 0.2) is 0 Å². The summed E-state index contributed by atoms with van der Waals surface area (Å²) in [6, 6.07) is 10.0. The Morgan fingerprint density at radius 1 is 1.10 bits per heavy atom. The number of hydrogen-bond donors (Lipinski definition) is 1. The summed E-state index contributed by atoms with van der Waals surface area (Å²) in [5, 5.41) is 3.83. The van der Waals surface area contributed by atoms with Gasteiger partial charge in [0.2, 0.25) is 10.0 Å². The van der Waals surface area contributed by atoms with Gasteiger partial charge >= 0.3 is 5.97 Å². The van der Waals surface area contributed by atoms with E-state index in [-0.39, 0.29) is 11.4 Å². The van der Waals surface area contributed by atoms with Crippen LogP contribution in [0.25, 0.3) is 0 Å². The molecular formula is C21H25N3O5S. The fourth-order valence-electron chi connectivity index (χ4n) is 3.05. The Bertz CT molecular complexity index is 1050. The van der Waals surface area contributed by atoms with Crippen molar-refractivity contribution in [2.45, 2.75) is 25.7 Å². The molecule has 2 rings (SSSR count). The van der Waals surface area contributed by atoms with Crippen LogP contribution in [-0.4, -0.2) is 51.5 Å². The molecule has 0 aliphatic heterocycles. The molecule has 0 aliphatic carbocycles. The first-order valence-electron chi connectivity index (χ1n) is 9.10. The van der Waals surface area contributed by atoms with Crippen LogP contribution in [0.4, 0.5) is 0 Å². The number of rotatable bonds is 7. The average molecular weight is 432 g/mol. The van der Waals surface area contributed by atoms with E-state index >= 15 is 0 Å². The number of likely N-dealkylation sites (N-methyl/N-ethyl adjacent to an activating group) is 1. The predicted molar refractivity (Wildman–Crippen MR) is 114 cm³/mol. The number of sulfonamides is 1. The molecule has 30 heavy (non-hydrogen) atoms. The van der Waals surface area contributed by atoms with Crippen molar-refractivity contribution in [3.63, 3.8) is 0 Å². The number of nitrogens with zero attached hydrogens (tertiary/aromatic N) is 2. The van der Waals surface area contributed by atoms with E-state index in [1.165, 1.54) is 20.4 Å². The van der Waals surface area contributed by atoms with Crippen LogP contribution in [0.1, 0.15) is 32.6 Å². The highest BCUT2D eigenvalue weighted by Gasteiger charge is 2.26. The van der Waals surface area contributed by atoms with Gasteiger partial charge in [0.1, 0.15) is 0 Å². The van der Waals surface area contributed by atoms with Crippen LogP contribution in [0.3, 0.4) is 0 Å². The average Bonchev–Trinajstić information content (AvgIpc) is 2.66. The molecule has 1 amide bonds. The molecule has 9 heteroatoms. The van der Waals surface area contributed by atoms with Crippen molar-refractivity contribution < 1.29 is 22.7 Å². The van der Waals surface area contributed by atoms with Gasteiger partial charge in [-0.3, -0.25) is 4.79 Å². The number of esters is 1. The molecule has 0 unspecified atom stereocenters. The zero-order valence-electron chi connectivity index (χ0n) is 17.6. The van der Waals surface area contributed by atoms with Gasteiger partial charge < -0.3 is 4.74 Å². The largest absolute Gasteiger partial charge is 0.465 e. The monoisotopic (exact) mass is 431 g/mol. The molecule has 0 fully saturated rings. The summed E-state index contributed by atoms with van der Waals surface area (Å²) in [6.45, 7) is 4.98. The molecule has 0 saturated heterocycles. The summed E-state index contributed by atoms with van der Waals surface area (Å²) < 4.78 is 31.4. The molecule has 2 aromatic rings. The molecule has 0 atom stereocenters. The molecule has 0 radical (unpaired) electrons. The highest BCUT2D eigenvalue weighted by atomic mass is 32.2. The third-order valence-corrected chi connectivity index (χ3v) is 6.48. The Morgan fingerprint density at radius 2 is 1.67 bits per heavy atom. The minimum atomic E-state index is -3.83. The van der Waals surface area contributed by atoms with Gasteiger partial charge in [0.05, 0.1) is 30.3 Å². The number of methoxy groups -OCH3 is 1. The maximum Gasteiger partial charge on any atom is 0.337 e. The fourth-order valence-corrected chi connectivity index (χ4v) is 4.58. The lowest BCUT2D eigenvalue weighted by Crippen LogP contribution is -2.37. The number of benzene rings is 2. The zero-order valence-corrected chi connectivity index (χ0v) is 18.4. The van der Waals surface area contributed by atoms with Gasteiger partial charge in [-0.25, -0.2) is 18.6 Å². The van der Waals surface area contributed by atoms with E-state index in [2.05, 4.69) is 15.3 Å². The first kappa shape index (κ1) is 23.2. The van der Waals surface area contributed by atoms with Crippen molar-refractivity contribution in [3.8, 4) is 0 Å². The van der Waals surface area contributed by atoms with E-state index in [1.54, 1.807) is 50.2 Å². The van der Waals surface area contributed by atoms with Crippen molar-refractivity contribution in [2.75, 3.05) is 20.7 Å². The van der Waals surface area contributed by atoms with E-state index in [0.717, 1.165) is 9.87 Å². The molecule has 8 nitrogen and oxygen atoms in total. The predicted octanol–water partition coefficient (Wildman–Crippen LogP) is 2.17. The highest BCUT2D eigenvalue weighted by Crippen LogP contribution is 2.24. The van der Waals surface area contributed by atoms with Crippen molar-refractivity contribution in [2.24, 2.45) is 5.10 Å². The van der Waals surface area contributed by atoms with E-state index < -0.39 is 21.9 Å². The maximum absolute atomic E-state index is 12.9. The van der Waals surface area contributed by atoms with Crippen LogP contribution in [0.15, 0.2) is 46.4 Å². The number of carbonyl (C=O) groups excluding carboxylic acids is 2. The Morgan fingerprint density at radius 3 is 2.20 bits per heavy atom. The number of hydrogen-bond acceptors (Lipinski definition) is 6. The molecule has 1 N–H and O–H groups in total. The third-order valence-electron chi connectivity index (χ3n) is 4.37. The van der Waals surface area contributed by atoms with E-state index in [9.17, 15) is 18.0 Å². The number of aryl methyl sites for hydroxylation is 3. The van der Waals surface area contributed by atoms with Gasteiger partial charge in [-0.2, -0.15) is 9.41 Å². The lowest BCUT2D eigenvalue weighted by molar-refractivity contribution is -0.121. The molecule has 0 aliphatic rings. The summed E-state index contributed by atoms with van der Waals surface area (Å²) >= 11 is 0. The standard InChI is InChI=1S/C21H25N3O5S/c1-14-10-15(2)20(16(3)11-14)30(27,28)24(4)13-19(25)23-22-12-17-6-8-18(9-7-17)21(26)29-5/h6-12H,13H2,1-5H3,(H,23,25)/b22-12-. The van der Waals surface area contributed by atoms with Crippen LogP contribution in [0, 0.1) is 20.8 Å². The Hall–Kier alpha value is -3.04. The number of amides is 1. The van der Waals surface area contributed by atoms with E-state index in [4.69, 9.17) is 0 Å². The highest BCUT2D eigenvalue weighted by molar-refractivity contribution is 7.89. The normalized spacial score (nSPS) is 11.7. The van der Waals surface area contributed by atoms with E-state index in [0.29, 0.717) is 22.3 Å². The van der Waals surface area contributed by atoms with Gasteiger partial charge in [-0.05, 0) is 49.6 Å². The van der Waals surface area contributed by atoms with Gasteiger partial charge in [0.25, 0.3) is 5.91 Å². The van der Waals surface area contributed by atoms with Crippen LogP contribution in [-0.2, 0) is 19.6 Å². The second kappa shape index (κ2) is 9.64. The first-order chi connectivity index (χ1) is 14.1. The second-order valence-corrected chi connectivity index (χ2v) is 8.88. The Kier molecular flexibility index (Phi) is 7.47. The molecular weight excluding hydrogens is 406 g/mol. The molecule has 2 aromatic carbocycles. The third kappa shape index (κ3) is 5.52. The topological polar surface area (TPSA) is 105 Å². The van der Waals surface area contributed by atoms with Crippen molar-refractivity contribution >= 4 is 28.1 Å². The lowest BCUT2D eigenvalue weighted by atomic mass is 10.1. The van der Waals surface area contributed by atoms with Crippen molar-refractivity contribution in [1.29, 1.82) is 0 Å². The van der Waals surface area contributed by atoms with Gasteiger partial charge in [-0.15, -0.1) is 0 Å². The summed E-state index contributed by atoms with van der Waals surface area (Å²) in [6.07, 6.45) is 1.39. The lowest BCUT2D eigenvalue weighted by Gasteiger charge is -2.19. The fraction of sp³-hybridized carbons (Fsp3) is 0.286. The minimum Gasteiger partial charge on any atom is -0.465 e. The Balaban J connectivity index is 2.02. The first-order valence-corrected chi connectivity index (χ1v) is 10.5. The number of ether oxygens (including phenoxy) is 1. The summed E-state index contributed by atoms with van der Waals surface area (Å²) in [5.41, 5.74) is 5.58. The molecule has 0 saturated carbocycles. The molecule has 160 valence electrons. The van der Waals surface area contributed by atoms with Crippen LogP contribution < -0.4 is 5.43 Å². The summed E-state index contributed by atoms with van der Waals surface area (Å²) in [5.74, 6) is -1.03. The quantitative estimate of drug-likeness (QED) is 0.411. The SMILES string of the molecule is COC(=O)c1ccc(/C=N\NC(=O)CN(C)S(=O)(=O)c2c(C)cc(C)cc2C)cc1. The van der Waals surface area contributed by atoms with E-state index in [1.807, 2.05) is 6.92 Å². The number of carbonyl (C=O) groups is 2. The summed E-state index contributed by atoms with van der Waals surface area (Å²) in [4.78, 5) is 23.7. The molecule has 0 spiro atoms. The van der Waals surface area contributed by atoms with Gasteiger partial charge in [-0.1, -0.05) is 29.8 Å². The van der Waals surface area contributed by atoms with Crippen LogP contribution >= 0.6 is 0 Å². The van der Waals surface area contributed by atoms with Crippen LogP contribution in [0.2, 0.25) is 0 Å².